The van der Waals surface area contributed by atoms with Crippen LogP contribution in [0.5, 0.6) is 0 Å². The minimum atomic E-state index is -1.13. The van der Waals surface area contributed by atoms with Gasteiger partial charge in [0, 0.05) is 17.4 Å². The molecule has 0 saturated heterocycles. The summed E-state index contributed by atoms with van der Waals surface area (Å²) in [7, 11) is 0. The summed E-state index contributed by atoms with van der Waals surface area (Å²) < 4.78 is 0. The molecular formula is C13H11N3O4S. The van der Waals surface area contributed by atoms with E-state index in [9.17, 15) is 14.9 Å². The van der Waals surface area contributed by atoms with Gasteiger partial charge in [-0.2, -0.15) is 0 Å². The maximum Gasteiger partial charge on any atom is 0.335 e. The van der Waals surface area contributed by atoms with Crippen LogP contribution in [0.25, 0.3) is 0 Å². The Balaban J connectivity index is 1.92. The van der Waals surface area contributed by atoms with Gasteiger partial charge in [0.05, 0.1) is 16.2 Å². The summed E-state index contributed by atoms with van der Waals surface area (Å²) >= 11 is 1.36. The molecule has 21 heavy (non-hydrogen) atoms. The van der Waals surface area contributed by atoms with E-state index in [0.29, 0.717) is 11.0 Å². The molecule has 0 spiro atoms. The van der Waals surface area contributed by atoms with Crippen molar-refractivity contribution in [3.63, 3.8) is 0 Å². The number of nitrogens with zero attached hydrogens (tertiary/aromatic N) is 2. The van der Waals surface area contributed by atoms with Crippen molar-refractivity contribution >= 4 is 33.8 Å². The van der Waals surface area contributed by atoms with Gasteiger partial charge in [-0.1, -0.05) is 0 Å². The summed E-state index contributed by atoms with van der Waals surface area (Å²) in [5, 5.41) is 25.3. The average molecular weight is 305 g/mol. The number of benzene rings is 1. The third-order valence-corrected chi connectivity index (χ3v) is 3.98. The minimum Gasteiger partial charge on any atom is -0.478 e. The zero-order chi connectivity index (χ0) is 15.0. The van der Waals surface area contributed by atoms with E-state index in [4.69, 9.17) is 5.11 Å². The van der Waals surface area contributed by atoms with E-state index < -0.39 is 10.9 Å². The Morgan fingerprint density at radius 2 is 2.24 bits per heavy atom. The molecule has 108 valence electrons. The number of aromatic nitrogens is 1. The molecule has 0 bridgehead atoms. The second kappa shape index (κ2) is 5.13. The molecule has 0 radical (unpaired) electrons. The zero-order valence-electron chi connectivity index (χ0n) is 10.8. The highest BCUT2D eigenvalue weighted by Gasteiger charge is 2.26. The third kappa shape index (κ3) is 2.84. The number of nitrogens with one attached hydrogen (secondary N) is 1. The number of carboxylic acid groups (broad SMARTS) is 1. The number of rotatable bonds is 5. The smallest absolute Gasteiger partial charge is 0.335 e. The minimum absolute atomic E-state index is 0.0120. The number of anilines is 2. The normalized spacial score (nSPS) is 13.9. The van der Waals surface area contributed by atoms with Gasteiger partial charge in [0.1, 0.15) is 5.69 Å². The summed E-state index contributed by atoms with van der Waals surface area (Å²) in [4.78, 5) is 25.8. The molecule has 0 unspecified atom stereocenters. The highest BCUT2D eigenvalue weighted by molar-refractivity contribution is 7.13. The first kappa shape index (κ1) is 13.5. The lowest BCUT2D eigenvalue weighted by Crippen LogP contribution is -2.01. The van der Waals surface area contributed by atoms with Crippen molar-refractivity contribution in [1.82, 2.24) is 4.98 Å². The molecule has 2 aromatic rings. The number of nitro groups is 1. The SMILES string of the molecule is O=C(O)c1ccc([N+](=O)[O-])c(Nc2nc(C3CC3)cs2)c1. The Labute approximate surface area is 123 Å². The molecule has 3 rings (SSSR count). The van der Waals surface area contributed by atoms with Crippen molar-refractivity contribution in [3.05, 3.63) is 45.0 Å². The highest BCUT2D eigenvalue weighted by Crippen LogP contribution is 2.41. The van der Waals surface area contributed by atoms with Crippen LogP contribution in [0.1, 0.15) is 34.8 Å². The molecule has 1 heterocycles. The van der Waals surface area contributed by atoms with Gasteiger partial charge in [0.25, 0.3) is 5.69 Å². The van der Waals surface area contributed by atoms with E-state index in [1.807, 2.05) is 5.38 Å². The standard InChI is InChI=1S/C13H11N3O4S/c17-12(18)8-3-4-11(16(19)20)9(5-8)14-13-15-10(6-21-13)7-1-2-7/h3-7H,1-2H2,(H,14,15)(H,17,18). The maximum absolute atomic E-state index is 11.0. The van der Waals surface area contributed by atoms with Crippen molar-refractivity contribution < 1.29 is 14.8 Å². The Hall–Kier alpha value is -2.48. The van der Waals surface area contributed by atoms with Crippen LogP contribution in [0.2, 0.25) is 0 Å². The van der Waals surface area contributed by atoms with Crippen LogP contribution in [0.3, 0.4) is 0 Å². The van der Waals surface area contributed by atoms with E-state index >= 15 is 0 Å². The highest BCUT2D eigenvalue weighted by atomic mass is 32.1. The average Bonchev–Trinajstić information content (AvgIpc) is 3.19. The monoisotopic (exact) mass is 305 g/mol. The lowest BCUT2D eigenvalue weighted by molar-refractivity contribution is -0.383. The van der Waals surface area contributed by atoms with Crippen LogP contribution in [0.15, 0.2) is 23.6 Å². The summed E-state index contributed by atoms with van der Waals surface area (Å²) in [5.41, 5.74) is 0.932. The second-order valence-electron chi connectivity index (χ2n) is 4.77. The summed E-state index contributed by atoms with van der Waals surface area (Å²) in [6.45, 7) is 0. The van der Waals surface area contributed by atoms with Gasteiger partial charge in [-0.3, -0.25) is 10.1 Å². The van der Waals surface area contributed by atoms with E-state index in [2.05, 4.69) is 10.3 Å². The number of hydrogen-bond donors (Lipinski definition) is 2. The van der Waals surface area contributed by atoms with Gasteiger partial charge in [-0.25, -0.2) is 9.78 Å². The second-order valence-corrected chi connectivity index (χ2v) is 5.63. The largest absolute Gasteiger partial charge is 0.478 e. The number of nitro benzene ring substituents is 1. The van der Waals surface area contributed by atoms with Crippen molar-refractivity contribution in [2.45, 2.75) is 18.8 Å². The number of thiazole rings is 1. The number of carboxylic acids is 1. The molecule has 0 amide bonds. The summed E-state index contributed by atoms with van der Waals surface area (Å²) in [5.74, 6) is -0.636. The number of carbonyl (C=O) groups is 1. The Bertz CT molecular complexity index is 724. The molecule has 1 saturated carbocycles. The molecule has 7 nitrogen and oxygen atoms in total. The third-order valence-electron chi connectivity index (χ3n) is 3.20. The molecule has 1 fully saturated rings. The van der Waals surface area contributed by atoms with Crippen LogP contribution in [0.4, 0.5) is 16.5 Å². The maximum atomic E-state index is 11.0. The molecule has 0 aliphatic heterocycles. The van der Waals surface area contributed by atoms with Crippen LogP contribution in [0, 0.1) is 10.1 Å². The first-order valence-electron chi connectivity index (χ1n) is 6.29. The van der Waals surface area contributed by atoms with Gasteiger partial charge in [0.15, 0.2) is 5.13 Å². The molecule has 1 aromatic carbocycles. The van der Waals surface area contributed by atoms with Gasteiger partial charge < -0.3 is 10.4 Å². The molecule has 1 aromatic heterocycles. The van der Waals surface area contributed by atoms with Crippen molar-refractivity contribution in [2.24, 2.45) is 0 Å². The predicted octanol–water partition coefficient (Wildman–Crippen LogP) is 3.37. The van der Waals surface area contributed by atoms with Crippen molar-refractivity contribution in [1.29, 1.82) is 0 Å². The quantitative estimate of drug-likeness (QED) is 0.648. The van der Waals surface area contributed by atoms with Gasteiger partial charge in [-0.05, 0) is 25.0 Å². The number of hydrogen-bond acceptors (Lipinski definition) is 6. The summed E-state index contributed by atoms with van der Waals surface area (Å²) in [6.07, 6.45) is 2.25. The lowest BCUT2D eigenvalue weighted by atomic mass is 10.2. The van der Waals surface area contributed by atoms with Crippen LogP contribution < -0.4 is 5.32 Å². The molecule has 0 atom stereocenters. The Morgan fingerprint density at radius 3 is 2.86 bits per heavy atom. The summed E-state index contributed by atoms with van der Waals surface area (Å²) in [6, 6.07) is 3.64. The van der Waals surface area contributed by atoms with Crippen LogP contribution in [-0.4, -0.2) is 21.0 Å². The predicted molar refractivity (Wildman–Crippen MR) is 77.4 cm³/mol. The topological polar surface area (TPSA) is 105 Å². The molecule has 1 aliphatic carbocycles. The Kier molecular flexibility index (Phi) is 3.30. The Morgan fingerprint density at radius 1 is 1.48 bits per heavy atom. The van der Waals surface area contributed by atoms with Crippen molar-refractivity contribution in [3.8, 4) is 0 Å². The zero-order valence-corrected chi connectivity index (χ0v) is 11.6. The fourth-order valence-electron chi connectivity index (χ4n) is 1.95. The van der Waals surface area contributed by atoms with E-state index in [-0.39, 0.29) is 16.9 Å². The first-order valence-corrected chi connectivity index (χ1v) is 7.17. The van der Waals surface area contributed by atoms with Crippen LogP contribution >= 0.6 is 11.3 Å². The molecular weight excluding hydrogens is 294 g/mol. The van der Waals surface area contributed by atoms with E-state index in [0.717, 1.165) is 18.5 Å². The van der Waals surface area contributed by atoms with E-state index in [1.54, 1.807) is 0 Å². The van der Waals surface area contributed by atoms with Gasteiger partial charge >= 0.3 is 5.97 Å². The van der Waals surface area contributed by atoms with Gasteiger partial charge in [0.2, 0.25) is 0 Å². The van der Waals surface area contributed by atoms with Crippen molar-refractivity contribution in [2.75, 3.05) is 5.32 Å². The molecule has 2 N–H and O–H groups in total. The van der Waals surface area contributed by atoms with Crippen LogP contribution in [-0.2, 0) is 0 Å². The molecule has 1 aliphatic rings. The van der Waals surface area contributed by atoms with Gasteiger partial charge in [-0.15, -0.1) is 11.3 Å². The molecule has 8 heteroatoms. The fourth-order valence-corrected chi connectivity index (χ4v) is 2.76. The fraction of sp³-hybridized carbons (Fsp3) is 0.231. The number of aromatic carboxylic acids is 1. The lowest BCUT2D eigenvalue weighted by Gasteiger charge is -2.05. The first-order chi connectivity index (χ1) is 10.0. The van der Waals surface area contributed by atoms with E-state index in [1.165, 1.54) is 29.5 Å².